The highest BCUT2D eigenvalue weighted by Crippen LogP contribution is 2.25. The van der Waals surface area contributed by atoms with Gasteiger partial charge in [-0.05, 0) is 43.2 Å². The third-order valence-electron chi connectivity index (χ3n) is 5.09. The summed E-state index contributed by atoms with van der Waals surface area (Å²) in [6, 6.07) is 10.4. The summed E-state index contributed by atoms with van der Waals surface area (Å²) >= 11 is 0. The van der Waals surface area contributed by atoms with E-state index in [4.69, 9.17) is 9.47 Å². The number of piperazine rings is 1. The van der Waals surface area contributed by atoms with E-state index in [0.717, 1.165) is 11.1 Å². The third-order valence-corrected chi connectivity index (χ3v) is 7.13. The van der Waals surface area contributed by atoms with E-state index >= 15 is 0 Å². The lowest BCUT2D eigenvalue weighted by molar-refractivity contribution is 0.0697. The van der Waals surface area contributed by atoms with Crippen LogP contribution in [0, 0.1) is 13.8 Å². The number of hydrogen-bond acceptors (Lipinski definition) is 5. The molecule has 0 radical (unpaired) electrons. The number of ether oxygens (including phenoxy) is 2. The van der Waals surface area contributed by atoms with Gasteiger partial charge in [-0.15, -0.1) is 0 Å². The molecule has 7 nitrogen and oxygen atoms in total. The number of nitrogens with zero attached hydrogens (tertiary/aromatic N) is 2. The Labute approximate surface area is 171 Å². The fourth-order valence-electron chi connectivity index (χ4n) is 3.37. The van der Waals surface area contributed by atoms with E-state index in [1.54, 1.807) is 36.1 Å². The molecule has 0 bridgehead atoms. The first-order chi connectivity index (χ1) is 13.8. The van der Waals surface area contributed by atoms with Gasteiger partial charge in [-0.3, -0.25) is 4.79 Å². The van der Waals surface area contributed by atoms with Crippen molar-refractivity contribution in [2.75, 3.05) is 40.4 Å². The quantitative estimate of drug-likeness (QED) is 0.746. The summed E-state index contributed by atoms with van der Waals surface area (Å²) in [5, 5.41) is 0. The van der Waals surface area contributed by atoms with Gasteiger partial charge in [0.2, 0.25) is 10.0 Å². The van der Waals surface area contributed by atoms with Crippen LogP contribution >= 0.6 is 0 Å². The zero-order valence-corrected chi connectivity index (χ0v) is 18.0. The van der Waals surface area contributed by atoms with Crippen molar-refractivity contribution in [1.29, 1.82) is 0 Å². The van der Waals surface area contributed by atoms with Crippen molar-refractivity contribution in [2.45, 2.75) is 18.7 Å². The normalized spacial score (nSPS) is 15.2. The van der Waals surface area contributed by atoms with Gasteiger partial charge in [0, 0.05) is 37.8 Å². The van der Waals surface area contributed by atoms with E-state index in [2.05, 4.69) is 0 Å². The van der Waals surface area contributed by atoms with Crippen molar-refractivity contribution in [1.82, 2.24) is 9.21 Å². The van der Waals surface area contributed by atoms with Gasteiger partial charge < -0.3 is 14.4 Å². The number of benzene rings is 2. The van der Waals surface area contributed by atoms with Gasteiger partial charge in [0.1, 0.15) is 11.5 Å². The molecule has 1 heterocycles. The standard InChI is InChI=1S/C21H26N2O5S/c1-15-5-6-16(2)20(11-15)29(25,26)23-9-7-22(8-10-23)21(24)17-12-18(27-3)14-19(13-17)28-4/h5-6,11-14H,7-10H2,1-4H3. The van der Waals surface area contributed by atoms with Crippen molar-refractivity contribution >= 4 is 15.9 Å². The smallest absolute Gasteiger partial charge is 0.254 e. The number of methoxy groups -OCH3 is 2. The monoisotopic (exact) mass is 418 g/mol. The van der Waals surface area contributed by atoms with E-state index in [-0.39, 0.29) is 19.0 Å². The van der Waals surface area contributed by atoms with Gasteiger partial charge >= 0.3 is 0 Å². The van der Waals surface area contributed by atoms with Crippen LogP contribution in [0.15, 0.2) is 41.3 Å². The highest BCUT2D eigenvalue weighted by Gasteiger charge is 2.31. The number of rotatable bonds is 5. The number of carbonyl (C=O) groups excluding carboxylic acids is 1. The summed E-state index contributed by atoms with van der Waals surface area (Å²) in [4.78, 5) is 14.9. The van der Waals surface area contributed by atoms with Crippen molar-refractivity contribution in [3.63, 3.8) is 0 Å². The Morgan fingerprint density at radius 1 is 0.897 bits per heavy atom. The lowest BCUT2D eigenvalue weighted by Crippen LogP contribution is -2.50. The van der Waals surface area contributed by atoms with Crippen LogP contribution in [-0.4, -0.2) is 63.9 Å². The van der Waals surface area contributed by atoms with Gasteiger partial charge in [-0.25, -0.2) is 8.42 Å². The Balaban J connectivity index is 1.75. The molecule has 0 spiro atoms. The molecule has 29 heavy (non-hydrogen) atoms. The van der Waals surface area contributed by atoms with Crippen LogP contribution in [0.2, 0.25) is 0 Å². The molecule has 2 aromatic carbocycles. The average Bonchev–Trinajstić information content (AvgIpc) is 2.74. The highest BCUT2D eigenvalue weighted by atomic mass is 32.2. The molecule has 1 amide bonds. The molecule has 0 saturated carbocycles. The largest absolute Gasteiger partial charge is 0.497 e. The summed E-state index contributed by atoms with van der Waals surface area (Å²) < 4.78 is 38.0. The molecule has 0 aliphatic carbocycles. The SMILES string of the molecule is COc1cc(OC)cc(C(=O)N2CCN(S(=O)(=O)c3cc(C)ccc3C)CC2)c1. The van der Waals surface area contributed by atoms with Crippen LogP contribution in [0.25, 0.3) is 0 Å². The first kappa shape index (κ1) is 21.1. The zero-order valence-electron chi connectivity index (χ0n) is 17.1. The lowest BCUT2D eigenvalue weighted by atomic mass is 10.1. The lowest BCUT2D eigenvalue weighted by Gasteiger charge is -2.34. The molecule has 0 unspecified atom stereocenters. The van der Waals surface area contributed by atoms with E-state index in [1.165, 1.54) is 18.5 Å². The summed E-state index contributed by atoms with van der Waals surface area (Å²) in [5.74, 6) is 0.888. The summed E-state index contributed by atoms with van der Waals surface area (Å²) in [5.41, 5.74) is 2.07. The predicted molar refractivity (Wildman–Crippen MR) is 110 cm³/mol. The minimum absolute atomic E-state index is 0.175. The second kappa shape index (κ2) is 8.42. The summed E-state index contributed by atoms with van der Waals surface area (Å²) in [6.45, 7) is 4.82. The molecule has 0 atom stereocenters. The maximum atomic E-state index is 13.1. The highest BCUT2D eigenvalue weighted by molar-refractivity contribution is 7.89. The van der Waals surface area contributed by atoms with Gasteiger partial charge in [-0.1, -0.05) is 12.1 Å². The van der Waals surface area contributed by atoms with E-state index in [1.807, 2.05) is 19.1 Å². The van der Waals surface area contributed by atoms with Crippen molar-refractivity contribution in [3.05, 3.63) is 53.1 Å². The van der Waals surface area contributed by atoms with Gasteiger partial charge in [0.15, 0.2) is 0 Å². The first-order valence-corrected chi connectivity index (χ1v) is 10.8. The molecule has 1 fully saturated rings. The van der Waals surface area contributed by atoms with Crippen LogP contribution in [-0.2, 0) is 10.0 Å². The van der Waals surface area contributed by atoms with Crippen molar-refractivity contribution in [3.8, 4) is 11.5 Å². The van der Waals surface area contributed by atoms with Crippen LogP contribution in [0.5, 0.6) is 11.5 Å². The summed E-state index contributed by atoms with van der Waals surface area (Å²) in [7, 11) is -0.539. The maximum Gasteiger partial charge on any atom is 0.254 e. The number of hydrogen-bond donors (Lipinski definition) is 0. The van der Waals surface area contributed by atoms with Crippen molar-refractivity contribution in [2.24, 2.45) is 0 Å². The molecule has 0 aromatic heterocycles. The average molecular weight is 419 g/mol. The van der Waals surface area contributed by atoms with Crippen LogP contribution in [0.4, 0.5) is 0 Å². The molecular formula is C21H26N2O5S. The fourth-order valence-corrected chi connectivity index (χ4v) is 5.10. The van der Waals surface area contributed by atoms with E-state index < -0.39 is 10.0 Å². The zero-order chi connectivity index (χ0) is 21.2. The molecule has 1 aliphatic rings. The molecule has 3 rings (SSSR count). The minimum atomic E-state index is -3.59. The molecule has 156 valence electrons. The van der Waals surface area contributed by atoms with Crippen LogP contribution in [0.3, 0.4) is 0 Å². The minimum Gasteiger partial charge on any atom is -0.497 e. The van der Waals surface area contributed by atoms with Crippen molar-refractivity contribution < 1.29 is 22.7 Å². The molecule has 1 aliphatic heterocycles. The van der Waals surface area contributed by atoms with E-state index in [9.17, 15) is 13.2 Å². The molecular weight excluding hydrogens is 392 g/mol. The topological polar surface area (TPSA) is 76.2 Å². The molecule has 8 heteroatoms. The Morgan fingerprint density at radius 2 is 1.48 bits per heavy atom. The van der Waals surface area contributed by atoms with E-state index in [0.29, 0.717) is 35.0 Å². The summed E-state index contributed by atoms with van der Waals surface area (Å²) in [6.07, 6.45) is 0. The third kappa shape index (κ3) is 4.38. The fraction of sp³-hybridized carbons (Fsp3) is 0.381. The number of amides is 1. The Bertz CT molecular complexity index is 989. The molecule has 0 N–H and O–H groups in total. The van der Waals surface area contributed by atoms with Crippen LogP contribution in [0.1, 0.15) is 21.5 Å². The second-order valence-electron chi connectivity index (χ2n) is 7.07. The molecule has 1 saturated heterocycles. The number of carbonyl (C=O) groups is 1. The molecule has 2 aromatic rings. The van der Waals surface area contributed by atoms with Gasteiger partial charge in [-0.2, -0.15) is 4.31 Å². The Kier molecular flexibility index (Phi) is 6.14. The van der Waals surface area contributed by atoms with Gasteiger partial charge in [0.05, 0.1) is 19.1 Å². The van der Waals surface area contributed by atoms with Crippen LogP contribution < -0.4 is 9.47 Å². The first-order valence-electron chi connectivity index (χ1n) is 9.36. The van der Waals surface area contributed by atoms with Gasteiger partial charge in [0.25, 0.3) is 5.91 Å². The number of sulfonamides is 1. The predicted octanol–water partition coefficient (Wildman–Crippen LogP) is 2.47. The number of aryl methyl sites for hydroxylation is 2. The maximum absolute atomic E-state index is 13.1. The Hall–Kier alpha value is -2.58. The second-order valence-corrected chi connectivity index (χ2v) is 8.97. The Morgan fingerprint density at radius 3 is 2.03 bits per heavy atom.